The molecule has 2 aliphatic rings. The molecule has 1 aromatic rings. The Morgan fingerprint density at radius 1 is 1.28 bits per heavy atom. The first-order valence-corrected chi connectivity index (χ1v) is 9.01. The van der Waals surface area contributed by atoms with Gasteiger partial charge in [0.25, 0.3) is 0 Å². The molecule has 6 heteroatoms. The van der Waals surface area contributed by atoms with Gasteiger partial charge in [-0.25, -0.2) is 4.79 Å². The predicted molar refractivity (Wildman–Crippen MR) is 94.0 cm³/mol. The van der Waals surface area contributed by atoms with Crippen LogP contribution >= 0.6 is 0 Å². The van der Waals surface area contributed by atoms with E-state index in [1.54, 1.807) is 11.1 Å². The minimum absolute atomic E-state index is 0.128. The molecule has 0 bridgehead atoms. The van der Waals surface area contributed by atoms with Gasteiger partial charge in [0.15, 0.2) is 0 Å². The highest BCUT2D eigenvalue weighted by molar-refractivity contribution is 5.77. The zero-order valence-electron chi connectivity index (χ0n) is 15.3. The highest BCUT2D eigenvalue weighted by Crippen LogP contribution is 2.32. The van der Waals surface area contributed by atoms with Gasteiger partial charge < -0.3 is 14.5 Å². The maximum absolute atomic E-state index is 12.6. The van der Waals surface area contributed by atoms with Crippen molar-refractivity contribution in [1.29, 1.82) is 0 Å². The molecule has 2 saturated heterocycles. The lowest BCUT2D eigenvalue weighted by molar-refractivity contribution is -0.132. The molecule has 1 aromatic heterocycles. The molecule has 2 aliphatic heterocycles. The molecule has 3 heterocycles. The fourth-order valence-corrected chi connectivity index (χ4v) is 3.67. The SMILES string of the molecule is CC(C)(C)OC(=O)N1C[C@@H]2CCN(C(=O)CCc3ccccn3)[C@@H]2C1. The fourth-order valence-electron chi connectivity index (χ4n) is 3.67. The fraction of sp³-hybridized carbons (Fsp3) is 0.632. The monoisotopic (exact) mass is 345 g/mol. The number of likely N-dealkylation sites (tertiary alicyclic amines) is 2. The maximum atomic E-state index is 12.6. The van der Waals surface area contributed by atoms with Crippen LogP contribution in [0, 0.1) is 5.92 Å². The van der Waals surface area contributed by atoms with Crippen molar-refractivity contribution in [2.45, 2.75) is 51.7 Å². The normalized spacial score (nSPS) is 22.8. The number of hydrogen-bond donors (Lipinski definition) is 0. The van der Waals surface area contributed by atoms with Crippen LogP contribution in [0.1, 0.15) is 39.3 Å². The first kappa shape index (κ1) is 17.7. The molecule has 0 N–H and O–H groups in total. The highest BCUT2D eigenvalue weighted by Gasteiger charge is 2.45. The number of aryl methyl sites for hydroxylation is 1. The number of rotatable bonds is 3. The number of amides is 2. The Morgan fingerprint density at radius 2 is 2.08 bits per heavy atom. The number of nitrogens with zero attached hydrogens (tertiary/aromatic N) is 3. The van der Waals surface area contributed by atoms with E-state index in [2.05, 4.69) is 4.98 Å². The minimum atomic E-state index is -0.493. The number of carbonyl (C=O) groups is 2. The summed E-state index contributed by atoms with van der Waals surface area (Å²) in [5.41, 5.74) is 0.445. The molecule has 6 nitrogen and oxygen atoms in total. The molecule has 0 saturated carbocycles. The topological polar surface area (TPSA) is 62.7 Å². The quantitative estimate of drug-likeness (QED) is 0.844. The summed E-state index contributed by atoms with van der Waals surface area (Å²) < 4.78 is 5.46. The smallest absolute Gasteiger partial charge is 0.410 e. The Morgan fingerprint density at radius 3 is 2.76 bits per heavy atom. The van der Waals surface area contributed by atoms with Gasteiger partial charge in [0.1, 0.15) is 5.60 Å². The van der Waals surface area contributed by atoms with Gasteiger partial charge >= 0.3 is 6.09 Å². The summed E-state index contributed by atoms with van der Waals surface area (Å²) in [5, 5.41) is 0. The van der Waals surface area contributed by atoms with Gasteiger partial charge in [-0.1, -0.05) is 6.07 Å². The maximum Gasteiger partial charge on any atom is 0.410 e. The van der Waals surface area contributed by atoms with Crippen molar-refractivity contribution >= 4 is 12.0 Å². The van der Waals surface area contributed by atoms with Crippen molar-refractivity contribution in [3.05, 3.63) is 30.1 Å². The lowest BCUT2D eigenvalue weighted by Crippen LogP contribution is -2.42. The average molecular weight is 345 g/mol. The summed E-state index contributed by atoms with van der Waals surface area (Å²) in [4.78, 5) is 32.9. The van der Waals surface area contributed by atoms with E-state index in [9.17, 15) is 9.59 Å². The summed E-state index contributed by atoms with van der Waals surface area (Å²) in [6, 6.07) is 5.89. The molecule has 136 valence electrons. The van der Waals surface area contributed by atoms with E-state index in [0.29, 0.717) is 31.8 Å². The number of hydrogen-bond acceptors (Lipinski definition) is 4. The second-order valence-corrected chi connectivity index (χ2v) is 7.91. The third-order valence-electron chi connectivity index (χ3n) is 4.84. The summed E-state index contributed by atoms with van der Waals surface area (Å²) in [5.74, 6) is 0.524. The molecular weight excluding hydrogens is 318 g/mol. The van der Waals surface area contributed by atoms with Crippen LogP contribution in [-0.2, 0) is 16.0 Å². The molecule has 0 aromatic carbocycles. The molecule has 3 rings (SSSR count). The number of pyridine rings is 1. The zero-order valence-corrected chi connectivity index (χ0v) is 15.3. The van der Waals surface area contributed by atoms with Crippen molar-refractivity contribution in [2.75, 3.05) is 19.6 Å². The largest absolute Gasteiger partial charge is 0.444 e. The van der Waals surface area contributed by atoms with E-state index in [1.165, 1.54) is 0 Å². The van der Waals surface area contributed by atoms with E-state index in [0.717, 1.165) is 18.7 Å². The van der Waals surface area contributed by atoms with Gasteiger partial charge in [-0.15, -0.1) is 0 Å². The molecule has 2 amide bonds. The second kappa shape index (κ2) is 7.02. The second-order valence-electron chi connectivity index (χ2n) is 7.91. The number of fused-ring (bicyclic) bond motifs is 1. The minimum Gasteiger partial charge on any atom is -0.444 e. The van der Waals surface area contributed by atoms with E-state index in [1.807, 2.05) is 43.9 Å². The molecule has 0 aliphatic carbocycles. The Hall–Kier alpha value is -2.11. The van der Waals surface area contributed by atoms with Crippen LogP contribution in [0.15, 0.2) is 24.4 Å². The van der Waals surface area contributed by atoms with Gasteiger partial charge in [0.05, 0.1) is 6.04 Å². The lowest BCUT2D eigenvalue weighted by atomic mass is 10.0. The molecule has 0 unspecified atom stereocenters. The van der Waals surface area contributed by atoms with Crippen LogP contribution in [0.25, 0.3) is 0 Å². The zero-order chi connectivity index (χ0) is 18.0. The van der Waals surface area contributed by atoms with Gasteiger partial charge in [-0.3, -0.25) is 9.78 Å². The summed E-state index contributed by atoms with van der Waals surface area (Å²) in [6.07, 6.45) is 3.55. The van der Waals surface area contributed by atoms with Crippen molar-refractivity contribution < 1.29 is 14.3 Å². The van der Waals surface area contributed by atoms with E-state index >= 15 is 0 Å². The van der Waals surface area contributed by atoms with Gasteiger partial charge in [0, 0.05) is 43.9 Å². The van der Waals surface area contributed by atoms with Crippen molar-refractivity contribution in [2.24, 2.45) is 5.92 Å². The standard InChI is InChI=1S/C19H27N3O3/c1-19(2,3)25-18(24)21-12-14-9-11-22(16(14)13-21)17(23)8-7-15-6-4-5-10-20-15/h4-6,10,14,16H,7-9,11-13H2,1-3H3/t14-,16+/m0/s1. The van der Waals surface area contributed by atoms with Gasteiger partial charge in [-0.05, 0) is 45.7 Å². The molecule has 0 radical (unpaired) electrons. The Balaban J connectivity index is 1.55. The third kappa shape index (κ3) is 4.30. The van der Waals surface area contributed by atoms with Crippen LogP contribution < -0.4 is 0 Å². The van der Waals surface area contributed by atoms with Crippen LogP contribution in [0.5, 0.6) is 0 Å². The first-order chi connectivity index (χ1) is 11.8. The van der Waals surface area contributed by atoms with Gasteiger partial charge in [0.2, 0.25) is 5.91 Å². The summed E-state index contributed by atoms with van der Waals surface area (Å²) in [7, 11) is 0. The number of carbonyl (C=O) groups excluding carboxylic acids is 2. The highest BCUT2D eigenvalue weighted by atomic mass is 16.6. The first-order valence-electron chi connectivity index (χ1n) is 9.01. The Labute approximate surface area is 149 Å². The van der Waals surface area contributed by atoms with E-state index < -0.39 is 5.60 Å². The summed E-state index contributed by atoms with van der Waals surface area (Å²) >= 11 is 0. The van der Waals surface area contributed by atoms with Crippen LogP contribution in [0.3, 0.4) is 0 Å². The predicted octanol–water partition coefficient (Wildman–Crippen LogP) is 2.48. The van der Waals surface area contributed by atoms with Crippen molar-refractivity contribution in [1.82, 2.24) is 14.8 Å². The Bertz CT molecular complexity index is 627. The van der Waals surface area contributed by atoms with E-state index in [4.69, 9.17) is 4.74 Å². The van der Waals surface area contributed by atoms with E-state index in [-0.39, 0.29) is 18.0 Å². The van der Waals surface area contributed by atoms with Crippen LogP contribution in [-0.4, -0.2) is 58.1 Å². The van der Waals surface area contributed by atoms with Crippen molar-refractivity contribution in [3.8, 4) is 0 Å². The molecular formula is C19H27N3O3. The number of aromatic nitrogens is 1. The van der Waals surface area contributed by atoms with Crippen molar-refractivity contribution in [3.63, 3.8) is 0 Å². The number of ether oxygens (including phenoxy) is 1. The van der Waals surface area contributed by atoms with Crippen LogP contribution in [0.4, 0.5) is 4.79 Å². The lowest BCUT2D eigenvalue weighted by Gasteiger charge is -2.27. The molecule has 0 spiro atoms. The molecule has 2 fully saturated rings. The molecule has 2 atom stereocenters. The third-order valence-corrected chi connectivity index (χ3v) is 4.84. The molecule has 25 heavy (non-hydrogen) atoms. The van der Waals surface area contributed by atoms with Crippen LogP contribution in [0.2, 0.25) is 0 Å². The summed E-state index contributed by atoms with van der Waals surface area (Å²) in [6.45, 7) is 7.66. The average Bonchev–Trinajstić information content (AvgIpc) is 3.12. The van der Waals surface area contributed by atoms with Gasteiger partial charge in [-0.2, -0.15) is 0 Å². The Kier molecular flexibility index (Phi) is 4.97.